The standard InChI is InChI=1S/C6H6N2O.C2HF3O2/c9-5-8-6-1-3-7-4-2-6;3-2(4,5)1(6)7/h1-5H,(H,7,8,9);(H,6,7). The second-order valence-electron chi connectivity index (χ2n) is 2.30. The second-order valence-corrected chi connectivity index (χ2v) is 2.30. The lowest BCUT2D eigenvalue weighted by Crippen LogP contribution is -2.21. The van der Waals surface area contributed by atoms with Crippen LogP contribution in [0.5, 0.6) is 0 Å². The summed E-state index contributed by atoms with van der Waals surface area (Å²) in [6, 6.07) is 3.43. The summed E-state index contributed by atoms with van der Waals surface area (Å²) in [7, 11) is 0. The van der Waals surface area contributed by atoms with Gasteiger partial charge in [0.25, 0.3) is 0 Å². The Hall–Kier alpha value is -2.12. The molecule has 1 amide bonds. The van der Waals surface area contributed by atoms with E-state index in [0.717, 1.165) is 5.69 Å². The molecule has 16 heavy (non-hydrogen) atoms. The van der Waals surface area contributed by atoms with Crippen LogP contribution in [0.15, 0.2) is 24.5 Å². The summed E-state index contributed by atoms with van der Waals surface area (Å²) in [5, 5.41) is 9.61. The lowest BCUT2D eigenvalue weighted by atomic mass is 10.4. The lowest BCUT2D eigenvalue weighted by Gasteiger charge is -1.93. The first-order valence-electron chi connectivity index (χ1n) is 3.78. The number of rotatable bonds is 2. The van der Waals surface area contributed by atoms with Gasteiger partial charge in [-0.1, -0.05) is 0 Å². The molecule has 1 aromatic heterocycles. The number of carbonyl (C=O) groups excluding carboxylic acids is 1. The van der Waals surface area contributed by atoms with Crippen LogP contribution in [0.25, 0.3) is 0 Å². The molecule has 88 valence electrons. The zero-order chi connectivity index (χ0) is 12.6. The number of aromatic nitrogens is 1. The van der Waals surface area contributed by atoms with Gasteiger partial charge in [0, 0.05) is 18.1 Å². The molecule has 0 aliphatic heterocycles. The molecule has 0 saturated carbocycles. The fourth-order valence-electron chi connectivity index (χ4n) is 0.516. The molecule has 0 atom stereocenters. The van der Waals surface area contributed by atoms with Gasteiger partial charge in [0.05, 0.1) is 0 Å². The SMILES string of the molecule is O=C(O)C(F)(F)F.O=CNc1ccncc1. The van der Waals surface area contributed by atoms with E-state index >= 15 is 0 Å². The second kappa shape index (κ2) is 6.38. The molecular weight excluding hydrogens is 229 g/mol. The van der Waals surface area contributed by atoms with Crippen LogP contribution >= 0.6 is 0 Å². The van der Waals surface area contributed by atoms with Gasteiger partial charge in [-0.15, -0.1) is 0 Å². The topological polar surface area (TPSA) is 79.3 Å². The van der Waals surface area contributed by atoms with Crippen LogP contribution in [0.4, 0.5) is 18.9 Å². The van der Waals surface area contributed by atoms with Crippen LogP contribution in [0.1, 0.15) is 0 Å². The van der Waals surface area contributed by atoms with Gasteiger partial charge >= 0.3 is 12.1 Å². The van der Waals surface area contributed by atoms with Crippen molar-refractivity contribution in [3.8, 4) is 0 Å². The molecule has 0 fully saturated rings. The highest BCUT2D eigenvalue weighted by atomic mass is 19.4. The van der Waals surface area contributed by atoms with Gasteiger partial charge in [-0.05, 0) is 12.1 Å². The van der Waals surface area contributed by atoms with Gasteiger partial charge in [0.2, 0.25) is 6.41 Å². The van der Waals surface area contributed by atoms with Gasteiger partial charge in [0.1, 0.15) is 0 Å². The van der Waals surface area contributed by atoms with Gasteiger partial charge in [-0.25, -0.2) is 4.79 Å². The van der Waals surface area contributed by atoms with Crippen LogP contribution in [0, 0.1) is 0 Å². The van der Waals surface area contributed by atoms with Gasteiger partial charge in [-0.2, -0.15) is 13.2 Å². The maximum atomic E-state index is 10.6. The van der Waals surface area contributed by atoms with Crippen LogP contribution < -0.4 is 5.32 Å². The third-order valence-electron chi connectivity index (χ3n) is 1.15. The number of carbonyl (C=O) groups is 2. The van der Waals surface area contributed by atoms with E-state index in [0.29, 0.717) is 6.41 Å². The maximum absolute atomic E-state index is 10.6. The van der Waals surface area contributed by atoms with Crippen molar-refractivity contribution in [1.29, 1.82) is 0 Å². The summed E-state index contributed by atoms with van der Waals surface area (Å²) < 4.78 is 31.7. The predicted octanol–water partition coefficient (Wildman–Crippen LogP) is 1.28. The number of nitrogens with zero attached hydrogens (tertiary/aromatic N) is 1. The minimum Gasteiger partial charge on any atom is -0.475 e. The number of anilines is 1. The van der Waals surface area contributed by atoms with E-state index < -0.39 is 12.1 Å². The van der Waals surface area contributed by atoms with Crippen molar-refractivity contribution in [3.63, 3.8) is 0 Å². The minimum atomic E-state index is -5.08. The Morgan fingerprint density at radius 2 is 1.81 bits per heavy atom. The summed E-state index contributed by atoms with van der Waals surface area (Å²) in [4.78, 5) is 22.5. The Morgan fingerprint density at radius 1 is 1.38 bits per heavy atom. The highest BCUT2D eigenvalue weighted by Gasteiger charge is 2.38. The van der Waals surface area contributed by atoms with Crippen LogP contribution in [0.3, 0.4) is 0 Å². The van der Waals surface area contributed by atoms with E-state index in [2.05, 4.69) is 10.3 Å². The largest absolute Gasteiger partial charge is 0.490 e. The van der Waals surface area contributed by atoms with E-state index in [1.165, 1.54) is 0 Å². The number of nitrogens with one attached hydrogen (secondary N) is 1. The lowest BCUT2D eigenvalue weighted by molar-refractivity contribution is -0.192. The van der Waals surface area contributed by atoms with Crippen molar-refractivity contribution in [3.05, 3.63) is 24.5 Å². The average Bonchev–Trinajstić information content (AvgIpc) is 2.19. The van der Waals surface area contributed by atoms with Crippen LogP contribution in [-0.4, -0.2) is 28.6 Å². The highest BCUT2D eigenvalue weighted by Crippen LogP contribution is 2.13. The Bertz CT molecular complexity index is 340. The molecule has 2 N–H and O–H groups in total. The number of hydrogen-bond acceptors (Lipinski definition) is 3. The van der Waals surface area contributed by atoms with Crippen molar-refractivity contribution in [2.75, 3.05) is 5.32 Å². The van der Waals surface area contributed by atoms with Crippen LogP contribution in [0.2, 0.25) is 0 Å². The van der Waals surface area contributed by atoms with Crippen LogP contribution in [-0.2, 0) is 9.59 Å². The van der Waals surface area contributed by atoms with Gasteiger partial charge in [-0.3, -0.25) is 9.78 Å². The van der Waals surface area contributed by atoms with E-state index in [4.69, 9.17) is 9.90 Å². The molecule has 8 heteroatoms. The van der Waals surface area contributed by atoms with Crippen molar-refractivity contribution < 1.29 is 27.9 Å². The first-order valence-corrected chi connectivity index (χ1v) is 3.78. The third kappa shape index (κ3) is 6.35. The number of carboxylic acid groups (broad SMARTS) is 1. The average molecular weight is 236 g/mol. The third-order valence-corrected chi connectivity index (χ3v) is 1.15. The first kappa shape index (κ1) is 13.9. The fourth-order valence-corrected chi connectivity index (χ4v) is 0.516. The number of carboxylic acids is 1. The molecule has 0 bridgehead atoms. The highest BCUT2D eigenvalue weighted by molar-refractivity contribution is 5.73. The molecule has 0 aliphatic rings. The molecule has 1 rings (SSSR count). The quantitative estimate of drug-likeness (QED) is 0.758. The molecule has 0 unspecified atom stereocenters. The van der Waals surface area contributed by atoms with Gasteiger partial charge in [0.15, 0.2) is 0 Å². The summed E-state index contributed by atoms with van der Waals surface area (Å²) in [5.74, 6) is -2.76. The number of amides is 1. The Kier molecular flexibility index (Phi) is 5.53. The molecule has 0 saturated heterocycles. The molecule has 0 aromatic carbocycles. The molecule has 0 aliphatic carbocycles. The number of hydrogen-bond donors (Lipinski definition) is 2. The number of pyridine rings is 1. The zero-order valence-corrected chi connectivity index (χ0v) is 7.73. The van der Waals surface area contributed by atoms with E-state index in [-0.39, 0.29) is 0 Å². The van der Waals surface area contributed by atoms with Crippen molar-refractivity contribution in [2.45, 2.75) is 6.18 Å². The number of alkyl halides is 3. The van der Waals surface area contributed by atoms with E-state index in [9.17, 15) is 18.0 Å². The minimum absolute atomic E-state index is 0.634. The Morgan fingerprint density at radius 3 is 2.12 bits per heavy atom. The van der Waals surface area contributed by atoms with Crippen molar-refractivity contribution in [2.24, 2.45) is 0 Å². The zero-order valence-electron chi connectivity index (χ0n) is 7.73. The van der Waals surface area contributed by atoms with E-state index in [1.807, 2.05) is 0 Å². The molecular formula is C8H7F3N2O3. The Labute approximate surface area is 87.9 Å². The van der Waals surface area contributed by atoms with E-state index in [1.54, 1.807) is 24.5 Å². The first-order chi connectivity index (χ1) is 7.38. The molecule has 5 nitrogen and oxygen atoms in total. The fraction of sp³-hybridized carbons (Fsp3) is 0.125. The predicted molar refractivity (Wildman–Crippen MR) is 47.6 cm³/mol. The summed E-state index contributed by atoms with van der Waals surface area (Å²) >= 11 is 0. The Balaban J connectivity index is 0.000000293. The smallest absolute Gasteiger partial charge is 0.475 e. The number of aliphatic carboxylic acids is 1. The number of halogens is 3. The summed E-state index contributed by atoms with van der Waals surface area (Å²) in [6.07, 6.45) is -1.22. The van der Waals surface area contributed by atoms with Gasteiger partial charge < -0.3 is 10.4 Å². The van der Waals surface area contributed by atoms with Crippen molar-refractivity contribution >= 4 is 18.1 Å². The summed E-state index contributed by atoms with van der Waals surface area (Å²) in [5.41, 5.74) is 0.764. The summed E-state index contributed by atoms with van der Waals surface area (Å²) in [6.45, 7) is 0. The van der Waals surface area contributed by atoms with Crippen molar-refractivity contribution in [1.82, 2.24) is 4.98 Å². The molecule has 1 aromatic rings. The molecule has 0 spiro atoms. The normalized spacial score (nSPS) is 9.69. The molecule has 1 heterocycles. The monoisotopic (exact) mass is 236 g/mol. The molecule has 0 radical (unpaired) electrons. The maximum Gasteiger partial charge on any atom is 0.490 e.